The molecule has 1 aliphatic carbocycles. The minimum atomic E-state index is -1.16. The lowest BCUT2D eigenvalue weighted by molar-refractivity contribution is -0.142. The molecule has 0 aromatic heterocycles. The molecule has 6 nitrogen and oxygen atoms in total. The number of aryl methyl sites for hydroxylation is 1. The van der Waals surface area contributed by atoms with Gasteiger partial charge in [0.2, 0.25) is 6.79 Å². The maximum Gasteiger partial charge on any atom is 0.231 e. The van der Waals surface area contributed by atoms with Crippen LogP contribution in [-0.2, 0) is 20.8 Å². The molecular formula is C22H20O6. The van der Waals surface area contributed by atoms with E-state index in [0.29, 0.717) is 17.9 Å². The van der Waals surface area contributed by atoms with E-state index < -0.39 is 5.92 Å². The lowest BCUT2D eigenvalue weighted by Gasteiger charge is -2.26. The molecule has 0 saturated heterocycles. The molecule has 1 fully saturated rings. The summed E-state index contributed by atoms with van der Waals surface area (Å²) in [6.07, 6.45) is 0.826. The van der Waals surface area contributed by atoms with Gasteiger partial charge in [-0.15, -0.1) is 0 Å². The van der Waals surface area contributed by atoms with E-state index in [1.165, 1.54) is 0 Å². The summed E-state index contributed by atoms with van der Waals surface area (Å²) < 4.78 is 10.6. The number of phenols is 1. The summed E-state index contributed by atoms with van der Waals surface area (Å²) >= 11 is 0. The number of ether oxygens (including phenoxy) is 2. The molecule has 1 N–H and O–H groups in total. The van der Waals surface area contributed by atoms with Crippen LogP contribution in [0.25, 0.3) is 0 Å². The number of aromatic hydroxyl groups is 1. The lowest BCUT2D eigenvalue weighted by Crippen LogP contribution is -2.38. The van der Waals surface area contributed by atoms with Gasteiger partial charge < -0.3 is 14.6 Å². The van der Waals surface area contributed by atoms with E-state index in [1.54, 1.807) is 30.3 Å². The Morgan fingerprint density at radius 2 is 1.75 bits per heavy atom. The molecule has 0 unspecified atom stereocenters. The molecule has 2 aliphatic rings. The second-order valence-corrected chi connectivity index (χ2v) is 7.22. The molecule has 0 spiro atoms. The van der Waals surface area contributed by atoms with Crippen molar-refractivity contribution in [1.29, 1.82) is 0 Å². The number of Topliss-reactive ketones (excluding diaryl/α,β-unsaturated/α-hetero) is 3. The van der Waals surface area contributed by atoms with Crippen LogP contribution < -0.4 is 9.47 Å². The van der Waals surface area contributed by atoms with Crippen molar-refractivity contribution in [3.8, 4) is 17.2 Å². The van der Waals surface area contributed by atoms with E-state index in [2.05, 4.69) is 0 Å². The van der Waals surface area contributed by atoms with Crippen LogP contribution >= 0.6 is 0 Å². The summed E-state index contributed by atoms with van der Waals surface area (Å²) in [5.41, 5.74) is 1.64. The van der Waals surface area contributed by atoms with Crippen LogP contribution in [-0.4, -0.2) is 29.2 Å². The number of hydrogen-bond acceptors (Lipinski definition) is 6. The molecule has 0 amide bonds. The van der Waals surface area contributed by atoms with E-state index >= 15 is 0 Å². The standard InChI is InChI=1S/C22H20O6/c23-16-3-1-2-14(9-16)15-10-18(25)22(19(26)11-15)17(24)6-4-13-5-7-20-21(8-13)28-12-27-20/h1-3,5,7-9,15,22-23H,4,6,10-12H2. The Labute approximate surface area is 162 Å². The van der Waals surface area contributed by atoms with Crippen LogP contribution in [0.15, 0.2) is 42.5 Å². The van der Waals surface area contributed by atoms with Crippen molar-refractivity contribution in [2.45, 2.75) is 31.6 Å². The fourth-order valence-electron chi connectivity index (χ4n) is 3.86. The van der Waals surface area contributed by atoms with Gasteiger partial charge in [-0.1, -0.05) is 18.2 Å². The summed E-state index contributed by atoms with van der Waals surface area (Å²) in [5, 5.41) is 9.61. The predicted molar refractivity (Wildman–Crippen MR) is 99.5 cm³/mol. The maximum absolute atomic E-state index is 12.6. The first-order chi connectivity index (χ1) is 13.5. The molecule has 0 atom stereocenters. The van der Waals surface area contributed by atoms with Gasteiger partial charge >= 0.3 is 0 Å². The third kappa shape index (κ3) is 3.63. The number of carbonyl (C=O) groups excluding carboxylic acids is 3. The van der Waals surface area contributed by atoms with Crippen molar-refractivity contribution in [1.82, 2.24) is 0 Å². The number of rotatable bonds is 5. The normalized spacial score (nSPS) is 21.0. The fourth-order valence-corrected chi connectivity index (χ4v) is 3.86. The third-order valence-electron chi connectivity index (χ3n) is 5.30. The van der Waals surface area contributed by atoms with Gasteiger partial charge in [0.1, 0.15) is 11.7 Å². The highest BCUT2D eigenvalue weighted by Gasteiger charge is 2.40. The van der Waals surface area contributed by atoms with Crippen LogP contribution in [0.1, 0.15) is 36.3 Å². The summed E-state index contributed by atoms with van der Waals surface area (Å²) in [4.78, 5) is 37.7. The summed E-state index contributed by atoms with van der Waals surface area (Å²) in [7, 11) is 0. The Morgan fingerprint density at radius 1 is 1.00 bits per heavy atom. The molecule has 4 rings (SSSR count). The lowest BCUT2D eigenvalue weighted by atomic mass is 9.74. The van der Waals surface area contributed by atoms with Gasteiger partial charge in [0.05, 0.1) is 0 Å². The first-order valence-electron chi connectivity index (χ1n) is 9.27. The number of benzene rings is 2. The maximum atomic E-state index is 12.6. The van der Waals surface area contributed by atoms with Crippen molar-refractivity contribution >= 4 is 17.3 Å². The molecule has 0 radical (unpaired) electrons. The average molecular weight is 380 g/mol. The molecule has 144 valence electrons. The highest BCUT2D eigenvalue weighted by molar-refractivity contribution is 6.21. The topological polar surface area (TPSA) is 89.9 Å². The smallest absolute Gasteiger partial charge is 0.231 e. The highest BCUT2D eigenvalue weighted by atomic mass is 16.7. The first-order valence-corrected chi connectivity index (χ1v) is 9.27. The molecule has 1 saturated carbocycles. The van der Waals surface area contributed by atoms with Crippen molar-refractivity contribution < 1.29 is 29.0 Å². The Hall–Kier alpha value is -3.15. The molecule has 2 aromatic rings. The van der Waals surface area contributed by atoms with Gasteiger partial charge in [0.25, 0.3) is 0 Å². The number of hydrogen-bond donors (Lipinski definition) is 1. The first kappa shape index (κ1) is 18.2. The third-order valence-corrected chi connectivity index (χ3v) is 5.30. The number of carbonyl (C=O) groups is 3. The number of ketones is 3. The second kappa shape index (κ2) is 7.46. The SMILES string of the molecule is O=C(CCc1ccc2c(c1)OCO2)C1C(=O)CC(c2cccc(O)c2)CC1=O. The van der Waals surface area contributed by atoms with Crippen LogP contribution in [0.5, 0.6) is 17.2 Å². The molecule has 0 bridgehead atoms. The molecular weight excluding hydrogens is 360 g/mol. The molecule has 28 heavy (non-hydrogen) atoms. The van der Waals surface area contributed by atoms with Crippen LogP contribution in [0.3, 0.4) is 0 Å². The zero-order valence-corrected chi connectivity index (χ0v) is 15.2. The van der Waals surface area contributed by atoms with Crippen molar-refractivity contribution in [2.75, 3.05) is 6.79 Å². The summed E-state index contributed by atoms with van der Waals surface area (Å²) in [6.45, 7) is 0.184. The van der Waals surface area contributed by atoms with E-state index in [0.717, 1.165) is 11.1 Å². The molecule has 2 aromatic carbocycles. The van der Waals surface area contributed by atoms with Crippen molar-refractivity contribution in [2.24, 2.45) is 5.92 Å². The van der Waals surface area contributed by atoms with Gasteiger partial charge in [-0.3, -0.25) is 14.4 Å². The minimum Gasteiger partial charge on any atom is -0.508 e. The van der Waals surface area contributed by atoms with Crippen LogP contribution in [0, 0.1) is 5.92 Å². The van der Waals surface area contributed by atoms with Crippen LogP contribution in [0.4, 0.5) is 0 Å². The summed E-state index contributed by atoms with van der Waals surface area (Å²) in [5.74, 6) is -1.04. The zero-order chi connectivity index (χ0) is 19.7. The van der Waals surface area contributed by atoms with Gasteiger partial charge in [0, 0.05) is 19.3 Å². The predicted octanol–water partition coefficient (Wildman–Crippen LogP) is 2.95. The van der Waals surface area contributed by atoms with E-state index in [1.807, 2.05) is 12.1 Å². The summed E-state index contributed by atoms with van der Waals surface area (Å²) in [6, 6.07) is 12.0. The largest absolute Gasteiger partial charge is 0.508 e. The molecule has 6 heteroatoms. The average Bonchev–Trinajstić information content (AvgIpc) is 3.13. The Morgan fingerprint density at radius 3 is 2.50 bits per heavy atom. The Balaban J connectivity index is 1.39. The van der Waals surface area contributed by atoms with Gasteiger partial charge in [-0.25, -0.2) is 0 Å². The Kier molecular flexibility index (Phi) is 4.86. The van der Waals surface area contributed by atoms with Crippen molar-refractivity contribution in [3.63, 3.8) is 0 Å². The Bertz CT molecular complexity index is 930. The van der Waals surface area contributed by atoms with Gasteiger partial charge in [0.15, 0.2) is 28.8 Å². The van der Waals surface area contributed by atoms with E-state index in [-0.39, 0.29) is 55.1 Å². The van der Waals surface area contributed by atoms with E-state index in [4.69, 9.17) is 9.47 Å². The quantitative estimate of drug-likeness (QED) is 0.802. The number of fused-ring (bicyclic) bond motifs is 1. The monoisotopic (exact) mass is 380 g/mol. The second-order valence-electron chi connectivity index (χ2n) is 7.22. The van der Waals surface area contributed by atoms with Gasteiger partial charge in [-0.05, 0) is 47.7 Å². The van der Waals surface area contributed by atoms with Crippen LogP contribution in [0.2, 0.25) is 0 Å². The number of phenolic OH excluding ortho intramolecular Hbond substituents is 1. The van der Waals surface area contributed by atoms with Gasteiger partial charge in [-0.2, -0.15) is 0 Å². The molecule has 1 heterocycles. The fraction of sp³-hybridized carbons (Fsp3) is 0.318. The molecule has 1 aliphatic heterocycles. The minimum absolute atomic E-state index is 0.0966. The zero-order valence-electron chi connectivity index (χ0n) is 15.2. The highest BCUT2D eigenvalue weighted by Crippen LogP contribution is 2.35. The van der Waals surface area contributed by atoms with E-state index in [9.17, 15) is 19.5 Å². The van der Waals surface area contributed by atoms with Crippen molar-refractivity contribution in [3.05, 3.63) is 53.6 Å².